The van der Waals surface area contributed by atoms with Crippen LogP contribution in [0, 0.1) is 0 Å². The summed E-state index contributed by atoms with van der Waals surface area (Å²) >= 11 is 0. The number of benzene rings is 1. The van der Waals surface area contributed by atoms with Crippen molar-refractivity contribution in [3.63, 3.8) is 0 Å². The quantitative estimate of drug-likeness (QED) is 0.805. The van der Waals surface area contributed by atoms with E-state index in [0.29, 0.717) is 43.1 Å². The van der Waals surface area contributed by atoms with Gasteiger partial charge in [0, 0.05) is 38.0 Å². The lowest BCUT2D eigenvalue weighted by Crippen LogP contribution is -2.50. The molecule has 0 unspecified atom stereocenters. The second-order valence-corrected chi connectivity index (χ2v) is 8.47. The third kappa shape index (κ3) is 4.32. The summed E-state index contributed by atoms with van der Waals surface area (Å²) in [7, 11) is -3.16. The molecule has 0 N–H and O–H groups in total. The monoisotopic (exact) mass is 376 g/mol. The fraction of sp³-hybridized carbons (Fsp3) is 0.333. The molecule has 0 bridgehead atoms. The molecular formula is C18H20N2O5S. The maximum Gasteiger partial charge on any atom is 0.289 e. The van der Waals surface area contributed by atoms with Crippen LogP contribution in [-0.4, -0.2) is 62.5 Å². The van der Waals surface area contributed by atoms with Crippen LogP contribution in [0.4, 0.5) is 0 Å². The van der Waals surface area contributed by atoms with Crippen LogP contribution in [0.3, 0.4) is 0 Å². The molecule has 1 aliphatic rings. The average Bonchev–Trinajstić information content (AvgIpc) is 3.14. The highest BCUT2D eigenvalue weighted by Crippen LogP contribution is 2.14. The summed E-state index contributed by atoms with van der Waals surface area (Å²) in [6.45, 7) is 1.69. The Morgan fingerprint density at radius 2 is 1.65 bits per heavy atom. The Labute approximate surface area is 152 Å². The van der Waals surface area contributed by atoms with Gasteiger partial charge in [-0.25, -0.2) is 8.42 Å². The topological polar surface area (TPSA) is 87.9 Å². The Morgan fingerprint density at radius 3 is 2.23 bits per heavy atom. The van der Waals surface area contributed by atoms with Crippen LogP contribution in [-0.2, 0) is 15.6 Å². The largest absolute Gasteiger partial charge is 0.459 e. The van der Waals surface area contributed by atoms with Crippen molar-refractivity contribution in [1.29, 1.82) is 0 Å². The molecule has 8 heteroatoms. The van der Waals surface area contributed by atoms with Gasteiger partial charge in [-0.15, -0.1) is 0 Å². The van der Waals surface area contributed by atoms with Crippen LogP contribution in [0.5, 0.6) is 0 Å². The van der Waals surface area contributed by atoms with Gasteiger partial charge in [-0.3, -0.25) is 9.59 Å². The maximum absolute atomic E-state index is 12.7. The van der Waals surface area contributed by atoms with Gasteiger partial charge < -0.3 is 14.2 Å². The Morgan fingerprint density at radius 1 is 1.00 bits per heavy atom. The Balaban J connectivity index is 1.63. The first kappa shape index (κ1) is 18.2. The second kappa shape index (κ2) is 7.33. The van der Waals surface area contributed by atoms with E-state index in [1.807, 2.05) is 0 Å². The van der Waals surface area contributed by atoms with Crippen LogP contribution < -0.4 is 0 Å². The zero-order valence-electron chi connectivity index (χ0n) is 14.4. The highest BCUT2D eigenvalue weighted by molar-refractivity contribution is 7.89. The van der Waals surface area contributed by atoms with E-state index in [9.17, 15) is 18.0 Å². The van der Waals surface area contributed by atoms with E-state index < -0.39 is 9.84 Å². The predicted octanol–water partition coefficient (Wildman–Crippen LogP) is 1.42. The molecule has 1 saturated heterocycles. The van der Waals surface area contributed by atoms with Crippen molar-refractivity contribution in [1.82, 2.24) is 9.80 Å². The Bertz CT molecular complexity index is 897. The van der Waals surface area contributed by atoms with Gasteiger partial charge in [-0.1, -0.05) is 12.1 Å². The van der Waals surface area contributed by atoms with Crippen molar-refractivity contribution in [3.05, 3.63) is 59.5 Å². The molecule has 138 valence electrons. The smallest absolute Gasteiger partial charge is 0.289 e. The number of hydrogen-bond acceptors (Lipinski definition) is 5. The van der Waals surface area contributed by atoms with Crippen LogP contribution in [0.1, 0.15) is 26.5 Å². The van der Waals surface area contributed by atoms with E-state index >= 15 is 0 Å². The van der Waals surface area contributed by atoms with Gasteiger partial charge in [0.25, 0.3) is 11.8 Å². The highest BCUT2D eigenvalue weighted by Gasteiger charge is 2.26. The molecule has 0 radical (unpaired) electrons. The molecule has 0 aliphatic carbocycles. The third-order valence-electron chi connectivity index (χ3n) is 4.19. The van der Waals surface area contributed by atoms with Gasteiger partial charge in [0.2, 0.25) is 0 Å². The number of piperazine rings is 1. The highest BCUT2D eigenvalue weighted by atomic mass is 32.2. The molecule has 0 spiro atoms. The zero-order valence-corrected chi connectivity index (χ0v) is 15.2. The van der Waals surface area contributed by atoms with Crippen molar-refractivity contribution < 1.29 is 22.4 Å². The molecule has 2 amide bonds. The van der Waals surface area contributed by atoms with Crippen molar-refractivity contribution in [3.8, 4) is 0 Å². The lowest BCUT2D eigenvalue weighted by atomic mass is 10.1. The number of nitrogens with zero attached hydrogens (tertiary/aromatic N) is 2. The van der Waals surface area contributed by atoms with Gasteiger partial charge in [-0.2, -0.15) is 0 Å². The number of amides is 2. The minimum atomic E-state index is -3.16. The molecule has 1 fully saturated rings. The summed E-state index contributed by atoms with van der Waals surface area (Å²) in [4.78, 5) is 28.3. The number of carbonyl (C=O) groups is 2. The van der Waals surface area contributed by atoms with Crippen molar-refractivity contribution >= 4 is 21.7 Å². The van der Waals surface area contributed by atoms with E-state index in [2.05, 4.69) is 0 Å². The Hall–Kier alpha value is -2.61. The summed E-state index contributed by atoms with van der Waals surface area (Å²) < 4.78 is 28.0. The lowest BCUT2D eigenvalue weighted by Gasteiger charge is -2.34. The van der Waals surface area contributed by atoms with Gasteiger partial charge >= 0.3 is 0 Å². The van der Waals surface area contributed by atoms with Crippen LogP contribution in [0.25, 0.3) is 0 Å². The summed E-state index contributed by atoms with van der Waals surface area (Å²) in [5, 5.41) is 0. The van der Waals surface area contributed by atoms with Gasteiger partial charge in [0.15, 0.2) is 15.6 Å². The molecule has 3 rings (SSSR count). The first-order valence-corrected chi connectivity index (χ1v) is 10.3. The average molecular weight is 376 g/mol. The van der Waals surface area contributed by atoms with Crippen molar-refractivity contribution in [2.45, 2.75) is 5.75 Å². The molecular weight excluding hydrogens is 356 g/mol. The first-order valence-electron chi connectivity index (χ1n) is 8.22. The third-order valence-corrected chi connectivity index (χ3v) is 5.05. The molecule has 1 aliphatic heterocycles. The number of sulfone groups is 1. The number of rotatable bonds is 4. The minimum absolute atomic E-state index is 0.0977. The van der Waals surface area contributed by atoms with E-state index in [4.69, 9.17) is 4.42 Å². The lowest BCUT2D eigenvalue weighted by molar-refractivity contribution is 0.0518. The summed E-state index contributed by atoms with van der Waals surface area (Å²) in [5.74, 6) is -0.152. The zero-order chi connectivity index (χ0) is 18.7. The SMILES string of the molecule is CS(=O)(=O)Cc1cccc(C(=O)N2CCN(C(=O)c3ccco3)CC2)c1. The van der Waals surface area contributed by atoms with E-state index in [1.165, 1.54) is 6.26 Å². The van der Waals surface area contributed by atoms with E-state index in [1.54, 1.807) is 46.2 Å². The molecule has 26 heavy (non-hydrogen) atoms. The normalized spacial score (nSPS) is 15.1. The number of hydrogen-bond donors (Lipinski definition) is 0. The summed E-state index contributed by atoms with van der Waals surface area (Å²) in [5.41, 5.74) is 1.04. The van der Waals surface area contributed by atoms with Gasteiger partial charge in [0.1, 0.15) is 0 Å². The number of carbonyl (C=O) groups excluding carboxylic acids is 2. The number of furan rings is 1. The molecule has 1 aromatic carbocycles. The van der Waals surface area contributed by atoms with Crippen LogP contribution in [0.2, 0.25) is 0 Å². The standard InChI is InChI=1S/C18H20N2O5S/c1-26(23,24)13-14-4-2-5-15(12-14)17(21)19-7-9-20(10-8-19)18(22)16-6-3-11-25-16/h2-6,11-12H,7-10,13H2,1H3. The van der Waals surface area contributed by atoms with Gasteiger partial charge in [-0.05, 0) is 29.8 Å². The minimum Gasteiger partial charge on any atom is -0.459 e. The van der Waals surface area contributed by atoms with Crippen LogP contribution in [0.15, 0.2) is 47.1 Å². The predicted molar refractivity (Wildman–Crippen MR) is 95.5 cm³/mol. The molecule has 0 saturated carbocycles. The molecule has 2 aromatic rings. The summed E-state index contributed by atoms with van der Waals surface area (Å²) in [6.07, 6.45) is 2.62. The molecule has 1 aromatic heterocycles. The fourth-order valence-electron chi connectivity index (χ4n) is 2.95. The molecule has 7 nitrogen and oxygen atoms in total. The van der Waals surface area contributed by atoms with Crippen LogP contribution >= 0.6 is 0 Å². The summed E-state index contributed by atoms with van der Waals surface area (Å²) in [6, 6.07) is 9.95. The second-order valence-electron chi connectivity index (χ2n) is 6.33. The first-order chi connectivity index (χ1) is 12.3. The van der Waals surface area contributed by atoms with E-state index in [-0.39, 0.29) is 17.6 Å². The van der Waals surface area contributed by atoms with Gasteiger partial charge in [0.05, 0.1) is 12.0 Å². The van der Waals surface area contributed by atoms with E-state index in [0.717, 1.165) is 6.26 Å². The molecule has 0 atom stereocenters. The van der Waals surface area contributed by atoms with Crippen molar-refractivity contribution in [2.75, 3.05) is 32.4 Å². The van der Waals surface area contributed by atoms with Crippen molar-refractivity contribution in [2.24, 2.45) is 0 Å². The maximum atomic E-state index is 12.7. The Kier molecular flexibility index (Phi) is 5.13. The fourth-order valence-corrected chi connectivity index (χ4v) is 3.73. The molecule has 2 heterocycles.